The van der Waals surface area contributed by atoms with Crippen LogP contribution in [0, 0.1) is 22.9 Å². The number of fused-ring (bicyclic) bond motifs is 2. The van der Waals surface area contributed by atoms with Crippen molar-refractivity contribution < 1.29 is 0 Å². The van der Waals surface area contributed by atoms with Crippen molar-refractivity contribution in [1.82, 2.24) is 18.7 Å². The molecule has 0 aliphatic heterocycles. The first-order valence-electron chi connectivity index (χ1n) is 8.11. The summed E-state index contributed by atoms with van der Waals surface area (Å²) in [5.41, 5.74) is 11.6. The van der Waals surface area contributed by atoms with Gasteiger partial charge in [0.05, 0.1) is 22.9 Å². The maximum atomic E-state index is 4.55. The van der Waals surface area contributed by atoms with E-state index < -0.39 is 16.1 Å². The van der Waals surface area contributed by atoms with E-state index in [1.165, 1.54) is 11.7 Å². The summed E-state index contributed by atoms with van der Waals surface area (Å²) in [6, 6.07) is 0. The Morgan fingerprint density at radius 2 is 1.08 bits per heavy atom. The smallest absolute Gasteiger partial charge is 0.129 e. The van der Waals surface area contributed by atoms with Crippen molar-refractivity contribution in [2.45, 2.75) is 39.3 Å². The fraction of sp³-hybridized carbons (Fsp3) is 0.333. The van der Waals surface area contributed by atoms with E-state index in [1.807, 2.05) is 0 Å². The van der Waals surface area contributed by atoms with Gasteiger partial charge in [-0.25, -0.2) is 0 Å². The molecule has 0 radical (unpaired) electrons. The van der Waals surface area contributed by atoms with Crippen LogP contribution < -0.4 is 0 Å². The highest BCUT2D eigenvalue weighted by molar-refractivity contribution is 7.00. The normalized spacial score (nSPS) is 11.8. The molecule has 0 fully saturated rings. The standard InChI is InChI=1S/C18H20N4SSi2/c1-24(2,3)11-7-13-15-16(20-10-9-19-15)14(8-12-25(4,5)6)18-17(13)21-23-22-18/h9-10H,1-6H3. The van der Waals surface area contributed by atoms with Crippen molar-refractivity contribution in [3.63, 3.8) is 0 Å². The van der Waals surface area contributed by atoms with Crippen LogP contribution in [0.15, 0.2) is 12.4 Å². The maximum absolute atomic E-state index is 4.55. The molecule has 0 spiro atoms. The minimum absolute atomic E-state index is 0.772. The molecule has 4 nitrogen and oxygen atoms in total. The van der Waals surface area contributed by atoms with Crippen LogP contribution in [0.3, 0.4) is 0 Å². The van der Waals surface area contributed by atoms with Gasteiger partial charge in [-0.3, -0.25) is 9.97 Å². The van der Waals surface area contributed by atoms with Crippen molar-refractivity contribution in [3.05, 3.63) is 23.5 Å². The third-order valence-corrected chi connectivity index (χ3v) is 5.54. The molecule has 25 heavy (non-hydrogen) atoms. The number of aromatic nitrogens is 4. The number of rotatable bonds is 0. The fourth-order valence-electron chi connectivity index (χ4n) is 2.18. The first kappa shape index (κ1) is 17.7. The van der Waals surface area contributed by atoms with Gasteiger partial charge in [0.1, 0.15) is 38.2 Å². The summed E-state index contributed by atoms with van der Waals surface area (Å²) in [6.45, 7) is 13.3. The Kier molecular flexibility index (Phi) is 4.50. The van der Waals surface area contributed by atoms with Crippen molar-refractivity contribution in [1.29, 1.82) is 0 Å². The van der Waals surface area contributed by atoms with Gasteiger partial charge in [0.25, 0.3) is 0 Å². The molecular weight excluding hydrogens is 360 g/mol. The zero-order valence-corrected chi connectivity index (χ0v) is 18.2. The molecule has 0 bridgehead atoms. The van der Waals surface area contributed by atoms with Gasteiger partial charge in [-0.1, -0.05) is 51.1 Å². The topological polar surface area (TPSA) is 51.6 Å². The highest BCUT2D eigenvalue weighted by Crippen LogP contribution is 2.28. The van der Waals surface area contributed by atoms with E-state index in [0.29, 0.717) is 0 Å². The Labute approximate surface area is 154 Å². The highest BCUT2D eigenvalue weighted by Gasteiger charge is 2.18. The molecule has 2 aromatic heterocycles. The molecule has 0 amide bonds. The van der Waals surface area contributed by atoms with Gasteiger partial charge >= 0.3 is 0 Å². The first-order chi connectivity index (χ1) is 11.7. The summed E-state index contributed by atoms with van der Waals surface area (Å²) in [5.74, 6) is 6.66. The molecule has 0 N–H and O–H groups in total. The summed E-state index contributed by atoms with van der Waals surface area (Å²) < 4.78 is 8.99. The van der Waals surface area contributed by atoms with Crippen molar-refractivity contribution in [2.75, 3.05) is 0 Å². The molecule has 0 unspecified atom stereocenters. The van der Waals surface area contributed by atoms with Gasteiger partial charge < -0.3 is 0 Å². The Morgan fingerprint density at radius 1 is 0.680 bits per heavy atom. The number of nitrogens with zero attached hydrogens (tertiary/aromatic N) is 4. The van der Waals surface area contributed by atoms with E-state index in [9.17, 15) is 0 Å². The molecule has 126 valence electrons. The van der Waals surface area contributed by atoms with Gasteiger partial charge in [0.15, 0.2) is 0 Å². The van der Waals surface area contributed by atoms with Crippen molar-refractivity contribution in [2.24, 2.45) is 0 Å². The van der Waals surface area contributed by atoms with Gasteiger partial charge in [0.2, 0.25) is 0 Å². The fourth-order valence-corrected chi connectivity index (χ4v) is 3.74. The molecule has 0 aliphatic rings. The van der Waals surface area contributed by atoms with Gasteiger partial charge in [0, 0.05) is 12.4 Å². The lowest BCUT2D eigenvalue weighted by atomic mass is 10.1. The van der Waals surface area contributed by atoms with Gasteiger partial charge in [-0.05, 0) is 0 Å². The number of hydrogen-bond acceptors (Lipinski definition) is 5. The van der Waals surface area contributed by atoms with Crippen molar-refractivity contribution >= 4 is 49.9 Å². The quantitative estimate of drug-likeness (QED) is 0.435. The van der Waals surface area contributed by atoms with Crippen molar-refractivity contribution in [3.8, 4) is 22.9 Å². The largest absolute Gasteiger partial charge is 0.252 e. The van der Waals surface area contributed by atoms with Crippen LogP contribution in [0.25, 0.3) is 22.1 Å². The molecule has 0 atom stereocenters. The van der Waals surface area contributed by atoms with Crippen LogP contribution in [0.2, 0.25) is 39.3 Å². The zero-order valence-electron chi connectivity index (χ0n) is 15.4. The summed E-state index contributed by atoms with van der Waals surface area (Å²) in [5, 5.41) is 0. The molecule has 1 aromatic carbocycles. The lowest BCUT2D eigenvalue weighted by Gasteiger charge is -2.07. The summed E-state index contributed by atoms with van der Waals surface area (Å²) in [6.07, 6.45) is 3.40. The minimum Gasteiger partial charge on any atom is -0.252 e. The summed E-state index contributed by atoms with van der Waals surface area (Å²) in [4.78, 5) is 9.09. The number of hydrogen-bond donors (Lipinski definition) is 0. The lowest BCUT2D eigenvalue weighted by molar-refractivity contribution is 1.29. The summed E-state index contributed by atoms with van der Waals surface area (Å²) in [7, 11) is -3.05. The first-order valence-corrected chi connectivity index (χ1v) is 15.8. The molecule has 0 aliphatic carbocycles. The van der Waals surface area contributed by atoms with E-state index in [0.717, 1.165) is 33.2 Å². The monoisotopic (exact) mass is 380 g/mol. The summed E-state index contributed by atoms with van der Waals surface area (Å²) >= 11 is 1.19. The van der Waals surface area contributed by atoms with Gasteiger partial charge in [-0.2, -0.15) is 8.75 Å². The molecule has 0 saturated heterocycles. The average molecular weight is 381 g/mol. The molecule has 3 aromatic rings. The SMILES string of the molecule is C[Si](C)(C)C#Cc1c2nccnc2c(C#C[Si](C)(C)C)c2nsnc12. The zero-order chi connectivity index (χ0) is 18.2. The Bertz CT molecular complexity index is 998. The average Bonchev–Trinajstić information content (AvgIpc) is 2.97. The van der Waals surface area contributed by atoms with E-state index >= 15 is 0 Å². The van der Waals surface area contributed by atoms with Crippen LogP contribution in [0.4, 0.5) is 0 Å². The second-order valence-electron chi connectivity index (χ2n) is 7.96. The highest BCUT2D eigenvalue weighted by atomic mass is 32.1. The molecule has 7 heteroatoms. The van der Waals surface area contributed by atoms with Gasteiger partial charge in [-0.15, -0.1) is 11.1 Å². The Balaban J connectivity index is 2.41. The Hall–Kier alpha value is -2.07. The maximum Gasteiger partial charge on any atom is 0.129 e. The second-order valence-corrected chi connectivity index (χ2v) is 18.0. The molecule has 3 rings (SSSR count). The third kappa shape index (κ3) is 3.96. The van der Waals surface area contributed by atoms with Crippen LogP contribution >= 0.6 is 11.7 Å². The van der Waals surface area contributed by atoms with Crippen LogP contribution in [-0.4, -0.2) is 34.9 Å². The van der Waals surface area contributed by atoms with E-state index in [1.54, 1.807) is 12.4 Å². The lowest BCUT2D eigenvalue weighted by Crippen LogP contribution is -2.16. The van der Waals surface area contributed by atoms with Crippen LogP contribution in [0.5, 0.6) is 0 Å². The predicted molar refractivity (Wildman–Crippen MR) is 111 cm³/mol. The van der Waals surface area contributed by atoms with Crippen LogP contribution in [0.1, 0.15) is 11.1 Å². The molecule has 0 saturated carbocycles. The predicted octanol–water partition coefficient (Wildman–Crippen LogP) is 4.09. The minimum atomic E-state index is -1.52. The molecule has 2 heterocycles. The van der Waals surface area contributed by atoms with Crippen LogP contribution in [-0.2, 0) is 0 Å². The molecular formula is C18H20N4SSi2. The Morgan fingerprint density at radius 3 is 1.44 bits per heavy atom. The van der Waals surface area contributed by atoms with E-state index in [2.05, 4.69) is 80.9 Å². The second kappa shape index (κ2) is 6.34. The van der Waals surface area contributed by atoms with E-state index in [4.69, 9.17) is 0 Å². The number of benzene rings is 1. The van der Waals surface area contributed by atoms with E-state index in [-0.39, 0.29) is 0 Å². The third-order valence-electron chi connectivity index (χ3n) is 3.26.